The Morgan fingerprint density at radius 2 is 0.755 bits per heavy atom. The Balaban J connectivity index is 1.13. The number of fused-ring (bicyclic) bond motifs is 6. The molecule has 49 heavy (non-hydrogen) atoms. The van der Waals surface area contributed by atoms with E-state index in [1.807, 2.05) is 84.9 Å². The summed E-state index contributed by atoms with van der Waals surface area (Å²) in [6, 6.07) is 52.7. The first-order chi connectivity index (χ1) is 26.0. The van der Waals surface area contributed by atoms with Gasteiger partial charge in [-0.3, -0.25) is 0 Å². The topological polar surface area (TPSA) is 13.1 Å². The minimum atomic E-state index is -0.0876. The fourth-order valence-electron chi connectivity index (χ4n) is 7.38. The largest absolute Gasteiger partial charge is 0.456 e. The predicted molar refractivity (Wildman–Crippen MR) is 208 cm³/mol. The summed E-state index contributed by atoms with van der Waals surface area (Å²) in [7, 11) is 0. The minimum absolute atomic E-state index is 0.0755. The lowest BCUT2D eigenvalue weighted by atomic mass is 9.86. The van der Waals surface area contributed by atoms with Crippen LogP contribution in [0.25, 0.3) is 98.8 Å². The van der Waals surface area contributed by atoms with E-state index in [-0.39, 0.29) is 29.7 Å². The average molecular weight is 627 g/mol. The highest BCUT2D eigenvalue weighted by Gasteiger charge is 2.17. The highest BCUT2D eigenvalue weighted by atomic mass is 16.3. The molecule has 0 saturated heterocycles. The zero-order valence-electron chi connectivity index (χ0n) is 30.4. The SMILES string of the molecule is [2H]c1c([2H])c(-c2c3ccccc3c(-c3ccccc3)c3ccccc23)c([2H])c([2H])c1-c1ccc2c(c1)oc1cc(-c3ccc4ccccc4c3)ccc12. The lowest BCUT2D eigenvalue weighted by Gasteiger charge is -2.18. The van der Waals surface area contributed by atoms with Gasteiger partial charge in [0.05, 0.1) is 5.48 Å². The first-order valence-corrected chi connectivity index (χ1v) is 16.5. The van der Waals surface area contributed by atoms with E-state index in [0.29, 0.717) is 22.3 Å². The average Bonchev–Trinajstić information content (AvgIpc) is 3.57. The quantitative estimate of drug-likeness (QED) is 0.177. The second kappa shape index (κ2) is 11.1. The fourth-order valence-corrected chi connectivity index (χ4v) is 7.38. The van der Waals surface area contributed by atoms with E-state index in [1.165, 1.54) is 10.8 Å². The van der Waals surface area contributed by atoms with Gasteiger partial charge in [0, 0.05) is 10.8 Å². The molecule has 0 atom stereocenters. The molecule has 1 heteroatoms. The normalized spacial score (nSPS) is 12.8. The second-order valence-electron chi connectivity index (χ2n) is 12.5. The number of furan rings is 1. The smallest absolute Gasteiger partial charge is 0.136 e. The molecule has 0 bridgehead atoms. The molecule has 0 spiro atoms. The van der Waals surface area contributed by atoms with Crippen LogP contribution in [-0.2, 0) is 0 Å². The van der Waals surface area contributed by atoms with Crippen LogP contribution in [-0.4, -0.2) is 0 Å². The van der Waals surface area contributed by atoms with E-state index in [4.69, 9.17) is 4.42 Å². The summed E-state index contributed by atoms with van der Waals surface area (Å²) >= 11 is 0. The Morgan fingerprint density at radius 1 is 0.306 bits per heavy atom. The first kappa shape index (κ1) is 23.8. The van der Waals surface area contributed by atoms with Gasteiger partial charge in [-0.25, -0.2) is 0 Å². The summed E-state index contributed by atoms with van der Waals surface area (Å²) in [5, 5.41) is 8.02. The zero-order chi connectivity index (χ0) is 35.8. The maximum Gasteiger partial charge on any atom is 0.136 e. The van der Waals surface area contributed by atoms with Gasteiger partial charge in [0.25, 0.3) is 0 Å². The van der Waals surface area contributed by atoms with Gasteiger partial charge in [-0.05, 0) is 107 Å². The van der Waals surface area contributed by atoms with E-state index in [0.717, 1.165) is 60.2 Å². The Hall–Kier alpha value is -6.44. The highest BCUT2D eigenvalue weighted by Crippen LogP contribution is 2.44. The molecule has 0 aliphatic rings. The van der Waals surface area contributed by atoms with Gasteiger partial charge >= 0.3 is 0 Å². The van der Waals surface area contributed by atoms with Crippen LogP contribution in [0.1, 0.15) is 5.48 Å². The van der Waals surface area contributed by atoms with Gasteiger partial charge in [0.15, 0.2) is 0 Å². The van der Waals surface area contributed by atoms with Crippen LogP contribution in [0.5, 0.6) is 0 Å². The van der Waals surface area contributed by atoms with Gasteiger partial charge in [0.2, 0.25) is 0 Å². The molecule has 0 amide bonds. The van der Waals surface area contributed by atoms with Crippen molar-refractivity contribution >= 4 is 54.3 Å². The van der Waals surface area contributed by atoms with Gasteiger partial charge in [0.1, 0.15) is 11.2 Å². The lowest BCUT2D eigenvalue weighted by molar-refractivity contribution is 0.669. The number of benzene rings is 9. The molecule has 1 aromatic heterocycles. The van der Waals surface area contributed by atoms with Crippen LogP contribution in [0, 0.1) is 0 Å². The van der Waals surface area contributed by atoms with Crippen molar-refractivity contribution in [2.45, 2.75) is 0 Å². The van der Waals surface area contributed by atoms with Crippen molar-refractivity contribution in [1.82, 2.24) is 0 Å². The van der Waals surface area contributed by atoms with Gasteiger partial charge in [-0.15, -0.1) is 0 Å². The molecule has 0 radical (unpaired) electrons. The third-order valence-corrected chi connectivity index (χ3v) is 9.71. The van der Waals surface area contributed by atoms with Crippen LogP contribution in [0.15, 0.2) is 186 Å². The van der Waals surface area contributed by atoms with Crippen molar-refractivity contribution in [2.24, 2.45) is 0 Å². The zero-order valence-corrected chi connectivity index (χ0v) is 26.4. The van der Waals surface area contributed by atoms with Gasteiger partial charge in [-0.2, -0.15) is 0 Å². The third kappa shape index (κ3) is 4.55. The molecule has 10 rings (SSSR count). The Labute approximate surface area is 289 Å². The summed E-state index contributed by atoms with van der Waals surface area (Å²) in [4.78, 5) is 0. The lowest BCUT2D eigenvalue weighted by Crippen LogP contribution is -1.90. The summed E-state index contributed by atoms with van der Waals surface area (Å²) in [5.41, 5.74) is 7.50. The van der Waals surface area contributed by atoms with Crippen molar-refractivity contribution in [1.29, 1.82) is 0 Å². The highest BCUT2D eigenvalue weighted by molar-refractivity contribution is 6.21. The van der Waals surface area contributed by atoms with Crippen molar-refractivity contribution in [2.75, 3.05) is 0 Å². The van der Waals surface area contributed by atoms with E-state index >= 15 is 0 Å². The molecule has 1 heterocycles. The van der Waals surface area contributed by atoms with Crippen LogP contribution in [0.2, 0.25) is 0 Å². The number of hydrogen-bond acceptors (Lipinski definition) is 1. The predicted octanol–water partition coefficient (Wildman–Crippen LogP) is 13.7. The maximum absolute atomic E-state index is 9.42. The van der Waals surface area contributed by atoms with Crippen molar-refractivity contribution in [3.63, 3.8) is 0 Å². The molecule has 0 N–H and O–H groups in total. The molecule has 0 unspecified atom stereocenters. The summed E-state index contributed by atoms with van der Waals surface area (Å²) in [5.74, 6) is 0. The molecule has 0 saturated carbocycles. The summed E-state index contributed by atoms with van der Waals surface area (Å²) in [6.07, 6.45) is 0. The standard InChI is InChI=1S/C48H30O/c1-2-11-33(12-3-1)47-41-14-6-8-16-43(41)48(44-17-9-7-15-42(44)47)34-21-18-32(19-22-34)37-24-26-39-40-27-25-38(30-46(40)49-45(39)29-37)36-23-20-31-10-4-5-13-35(31)28-36/h1-30H/i18D,19D,21D,22D. The molecule has 0 fully saturated rings. The molecule has 0 aliphatic heterocycles. The van der Waals surface area contributed by atoms with E-state index in [1.54, 1.807) is 0 Å². The van der Waals surface area contributed by atoms with Gasteiger partial charge < -0.3 is 4.42 Å². The molecule has 10 aromatic rings. The van der Waals surface area contributed by atoms with Gasteiger partial charge in [-0.1, -0.05) is 152 Å². The Morgan fingerprint density at radius 3 is 1.37 bits per heavy atom. The Bertz CT molecular complexity index is 3020. The Kier molecular flexibility index (Phi) is 5.38. The maximum atomic E-state index is 9.42. The molecule has 9 aromatic carbocycles. The summed E-state index contributed by atoms with van der Waals surface area (Å²) < 4.78 is 43.9. The van der Waals surface area contributed by atoms with E-state index in [2.05, 4.69) is 72.8 Å². The molecule has 228 valence electrons. The van der Waals surface area contributed by atoms with Crippen molar-refractivity contribution < 1.29 is 9.90 Å². The van der Waals surface area contributed by atoms with Crippen LogP contribution in [0.4, 0.5) is 0 Å². The van der Waals surface area contributed by atoms with Crippen molar-refractivity contribution in [3.05, 3.63) is 182 Å². The van der Waals surface area contributed by atoms with Crippen LogP contribution in [0.3, 0.4) is 0 Å². The minimum Gasteiger partial charge on any atom is -0.456 e. The molecule has 1 nitrogen and oxygen atoms in total. The van der Waals surface area contributed by atoms with E-state index in [9.17, 15) is 5.48 Å². The second-order valence-corrected chi connectivity index (χ2v) is 12.5. The molecular weight excluding hydrogens is 593 g/mol. The summed E-state index contributed by atoms with van der Waals surface area (Å²) in [6.45, 7) is 0. The molecular formula is C48H30O. The van der Waals surface area contributed by atoms with Crippen molar-refractivity contribution in [3.8, 4) is 44.5 Å². The number of rotatable bonds is 4. The third-order valence-electron chi connectivity index (χ3n) is 9.71. The van der Waals surface area contributed by atoms with Crippen LogP contribution < -0.4 is 0 Å². The first-order valence-electron chi connectivity index (χ1n) is 18.5. The number of hydrogen-bond donors (Lipinski definition) is 0. The fraction of sp³-hybridized carbons (Fsp3) is 0. The molecule has 0 aliphatic carbocycles. The van der Waals surface area contributed by atoms with E-state index < -0.39 is 0 Å². The monoisotopic (exact) mass is 626 g/mol. The van der Waals surface area contributed by atoms with Crippen LogP contribution >= 0.6 is 0 Å².